The lowest BCUT2D eigenvalue weighted by Gasteiger charge is -2.17. The predicted octanol–water partition coefficient (Wildman–Crippen LogP) is 6.10. The molecule has 0 bridgehead atoms. The van der Waals surface area contributed by atoms with Crippen molar-refractivity contribution in [1.82, 2.24) is 0 Å². The first-order valence-corrected chi connectivity index (χ1v) is 8.67. The summed E-state index contributed by atoms with van der Waals surface area (Å²) >= 11 is 0. The van der Waals surface area contributed by atoms with Crippen molar-refractivity contribution in [2.75, 3.05) is 0 Å². The van der Waals surface area contributed by atoms with Gasteiger partial charge in [0.15, 0.2) is 5.78 Å². The van der Waals surface area contributed by atoms with Crippen molar-refractivity contribution in [3.63, 3.8) is 0 Å². The summed E-state index contributed by atoms with van der Waals surface area (Å²) in [6, 6.07) is 9.23. The Balaban J connectivity index is 0. The van der Waals surface area contributed by atoms with Crippen molar-refractivity contribution >= 4 is 11.6 Å². The van der Waals surface area contributed by atoms with Crippen LogP contribution in [0.5, 0.6) is 0 Å². The maximum atomic E-state index is 10.8. The maximum absolute atomic E-state index is 10.8. The summed E-state index contributed by atoms with van der Waals surface area (Å²) in [4.78, 5) is 21.4. The molecule has 2 rings (SSSR count). The average molecular weight is 306 g/mol. The van der Waals surface area contributed by atoms with Gasteiger partial charge in [0.05, 0.1) is 0 Å². The van der Waals surface area contributed by atoms with E-state index >= 15 is 0 Å². The fraction of sp³-hybridized carbons (Fsp3) is 0.600. The average Bonchev–Trinajstić information content (AvgIpc) is 2.60. The number of Topliss-reactive ketones (excluding diaryl/α,β-unsaturated/α-hetero) is 2. The summed E-state index contributed by atoms with van der Waals surface area (Å²) in [5, 5.41) is 0. The lowest BCUT2D eigenvalue weighted by molar-refractivity contribution is -0.121. The molecule has 1 aliphatic rings. The van der Waals surface area contributed by atoms with Gasteiger partial charge in [0.1, 0.15) is 5.78 Å². The van der Waals surface area contributed by atoms with E-state index in [1.54, 1.807) is 13.8 Å². The van der Waals surface area contributed by atoms with E-state index in [0.717, 1.165) is 18.4 Å². The Labute approximate surface area is 137 Å². The van der Waals surface area contributed by atoms with E-state index in [9.17, 15) is 9.59 Å². The number of hydrogen-bond acceptors (Lipinski definition) is 2. The molecule has 2 nitrogen and oxygen atoms in total. The van der Waals surface area contributed by atoms with Crippen LogP contribution in [0.3, 0.4) is 0 Å². The number of benzene rings is 1. The zero-order chi connectivity index (χ0) is 17.4. The van der Waals surface area contributed by atoms with E-state index in [1.165, 1.54) is 19.3 Å². The molecule has 126 valence electrons. The molecule has 2 heteroatoms. The highest BCUT2D eigenvalue weighted by Gasteiger charge is 2.16. The summed E-state index contributed by atoms with van der Waals surface area (Å²) in [6.45, 7) is 11.3. The van der Waals surface area contributed by atoms with Gasteiger partial charge in [-0.1, -0.05) is 77.3 Å². The highest BCUT2D eigenvalue weighted by Crippen LogP contribution is 2.23. The molecule has 1 aromatic rings. The summed E-state index contributed by atoms with van der Waals surface area (Å²) in [6.07, 6.45) is 6.17. The van der Waals surface area contributed by atoms with Crippen molar-refractivity contribution < 1.29 is 9.59 Å². The van der Waals surface area contributed by atoms with Gasteiger partial charge in [0.25, 0.3) is 0 Å². The minimum Gasteiger partial charge on any atom is -0.300 e. The Morgan fingerprint density at radius 2 is 1.27 bits per heavy atom. The normalized spacial score (nSPS) is 13.2. The van der Waals surface area contributed by atoms with Gasteiger partial charge in [0, 0.05) is 11.5 Å². The standard InChI is InChI=1S/C8H14O.C8H8O.2C2H6/c2*1-7(9)8-5-3-2-4-6-8;2*1-2/h8H,2-6H2,1H3;2-6H,1H3;2*1-2H3. The molecule has 1 aromatic carbocycles. The third-order valence-corrected chi connectivity index (χ3v) is 3.36. The van der Waals surface area contributed by atoms with Crippen LogP contribution in [0.2, 0.25) is 0 Å². The molecule has 0 amide bonds. The highest BCUT2D eigenvalue weighted by molar-refractivity contribution is 5.93. The largest absolute Gasteiger partial charge is 0.300 e. The van der Waals surface area contributed by atoms with E-state index in [-0.39, 0.29) is 5.78 Å². The van der Waals surface area contributed by atoms with Gasteiger partial charge < -0.3 is 0 Å². The van der Waals surface area contributed by atoms with E-state index in [4.69, 9.17) is 0 Å². The molecule has 0 aromatic heterocycles. The molecular formula is C20H34O2. The quantitative estimate of drug-likeness (QED) is 0.619. The van der Waals surface area contributed by atoms with Gasteiger partial charge in [-0.2, -0.15) is 0 Å². The Morgan fingerprint density at radius 1 is 0.818 bits per heavy atom. The first-order valence-electron chi connectivity index (χ1n) is 8.67. The van der Waals surface area contributed by atoms with E-state index in [2.05, 4.69) is 0 Å². The molecule has 22 heavy (non-hydrogen) atoms. The van der Waals surface area contributed by atoms with Crippen molar-refractivity contribution in [2.45, 2.75) is 73.6 Å². The third kappa shape index (κ3) is 11.2. The second-order valence-corrected chi connectivity index (χ2v) is 4.87. The number of rotatable bonds is 2. The number of carbonyl (C=O) groups is 2. The Bertz CT molecular complexity index is 376. The van der Waals surface area contributed by atoms with Crippen molar-refractivity contribution in [1.29, 1.82) is 0 Å². The van der Waals surface area contributed by atoms with Crippen LogP contribution in [0, 0.1) is 5.92 Å². The van der Waals surface area contributed by atoms with Crippen LogP contribution in [0.15, 0.2) is 30.3 Å². The topological polar surface area (TPSA) is 34.1 Å². The van der Waals surface area contributed by atoms with E-state index in [0.29, 0.717) is 11.7 Å². The second kappa shape index (κ2) is 15.9. The lowest BCUT2D eigenvalue weighted by Crippen LogP contribution is -2.13. The molecule has 0 radical (unpaired) electrons. The molecular weight excluding hydrogens is 272 g/mol. The summed E-state index contributed by atoms with van der Waals surface area (Å²) in [5.41, 5.74) is 0.775. The summed E-state index contributed by atoms with van der Waals surface area (Å²) in [7, 11) is 0. The smallest absolute Gasteiger partial charge is 0.159 e. The number of ketones is 2. The molecule has 1 fully saturated rings. The Morgan fingerprint density at radius 3 is 1.55 bits per heavy atom. The van der Waals surface area contributed by atoms with E-state index < -0.39 is 0 Å². The molecule has 0 atom stereocenters. The molecule has 0 aliphatic heterocycles. The van der Waals surface area contributed by atoms with Crippen LogP contribution < -0.4 is 0 Å². The van der Waals surface area contributed by atoms with Gasteiger partial charge in [-0.15, -0.1) is 0 Å². The maximum Gasteiger partial charge on any atom is 0.159 e. The van der Waals surface area contributed by atoms with Crippen LogP contribution in [0.4, 0.5) is 0 Å². The Kier molecular flexibility index (Phi) is 16.5. The monoisotopic (exact) mass is 306 g/mol. The third-order valence-electron chi connectivity index (χ3n) is 3.36. The van der Waals surface area contributed by atoms with Crippen LogP contribution in [-0.2, 0) is 4.79 Å². The summed E-state index contributed by atoms with van der Waals surface area (Å²) in [5.74, 6) is 0.934. The molecule has 1 aliphatic carbocycles. The fourth-order valence-electron chi connectivity index (χ4n) is 2.18. The van der Waals surface area contributed by atoms with Crippen molar-refractivity contribution in [3.05, 3.63) is 35.9 Å². The minimum absolute atomic E-state index is 0.121. The van der Waals surface area contributed by atoms with Gasteiger partial charge in [-0.3, -0.25) is 9.59 Å². The van der Waals surface area contributed by atoms with Gasteiger partial charge in [-0.05, 0) is 26.7 Å². The molecule has 0 spiro atoms. The number of carbonyl (C=O) groups excluding carboxylic acids is 2. The van der Waals surface area contributed by atoms with Gasteiger partial charge in [0.2, 0.25) is 0 Å². The molecule has 0 N–H and O–H groups in total. The van der Waals surface area contributed by atoms with Crippen molar-refractivity contribution in [2.24, 2.45) is 5.92 Å². The molecule has 0 unspecified atom stereocenters. The SMILES string of the molecule is CC.CC.CC(=O)C1CCCCC1.CC(=O)c1ccccc1. The fourth-order valence-corrected chi connectivity index (χ4v) is 2.18. The van der Waals surface area contributed by atoms with Crippen LogP contribution in [0.25, 0.3) is 0 Å². The van der Waals surface area contributed by atoms with E-state index in [1.807, 2.05) is 58.0 Å². The van der Waals surface area contributed by atoms with Gasteiger partial charge in [-0.25, -0.2) is 0 Å². The van der Waals surface area contributed by atoms with Crippen LogP contribution in [0.1, 0.15) is 84.0 Å². The molecule has 0 saturated heterocycles. The Hall–Kier alpha value is -1.44. The first kappa shape index (κ1) is 22.8. The summed E-state index contributed by atoms with van der Waals surface area (Å²) < 4.78 is 0. The first-order chi connectivity index (χ1) is 10.6. The molecule has 0 heterocycles. The second-order valence-electron chi connectivity index (χ2n) is 4.87. The molecule has 1 saturated carbocycles. The zero-order valence-corrected chi connectivity index (χ0v) is 15.3. The van der Waals surface area contributed by atoms with Crippen molar-refractivity contribution in [3.8, 4) is 0 Å². The zero-order valence-electron chi connectivity index (χ0n) is 15.3. The highest BCUT2D eigenvalue weighted by atomic mass is 16.1. The van der Waals surface area contributed by atoms with Crippen LogP contribution in [-0.4, -0.2) is 11.6 Å². The van der Waals surface area contributed by atoms with Crippen LogP contribution >= 0.6 is 0 Å². The minimum atomic E-state index is 0.121. The van der Waals surface area contributed by atoms with Gasteiger partial charge >= 0.3 is 0 Å². The lowest BCUT2D eigenvalue weighted by atomic mass is 9.87. The predicted molar refractivity (Wildman–Crippen MR) is 96.4 cm³/mol. The number of hydrogen-bond donors (Lipinski definition) is 0.